The summed E-state index contributed by atoms with van der Waals surface area (Å²) in [6.45, 7) is 1.98. The van der Waals surface area contributed by atoms with Crippen molar-refractivity contribution in [3.63, 3.8) is 0 Å². The van der Waals surface area contributed by atoms with E-state index in [0.29, 0.717) is 6.42 Å². The summed E-state index contributed by atoms with van der Waals surface area (Å²) in [7, 11) is 1.84. The minimum atomic E-state index is -0.451. The van der Waals surface area contributed by atoms with Crippen molar-refractivity contribution in [2.75, 3.05) is 7.05 Å². The topological polar surface area (TPSA) is 12.0 Å². The Kier molecular flexibility index (Phi) is 4.01. The fourth-order valence-corrected chi connectivity index (χ4v) is 1.28. The zero-order chi connectivity index (χ0) is 10.6. The SMILES string of the molecule is CNC(C)CCc1c(F)cccc1F. The highest BCUT2D eigenvalue weighted by Gasteiger charge is 2.09. The summed E-state index contributed by atoms with van der Waals surface area (Å²) in [4.78, 5) is 0. The molecule has 1 atom stereocenters. The molecule has 0 heterocycles. The van der Waals surface area contributed by atoms with Crippen LogP contribution in [-0.2, 0) is 6.42 Å². The molecule has 0 aliphatic rings. The minimum Gasteiger partial charge on any atom is -0.317 e. The second kappa shape index (κ2) is 5.05. The summed E-state index contributed by atoms with van der Waals surface area (Å²) in [5, 5.41) is 3.03. The van der Waals surface area contributed by atoms with Gasteiger partial charge in [-0.3, -0.25) is 0 Å². The van der Waals surface area contributed by atoms with Gasteiger partial charge in [-0.25, -0.2) is 8.78 Å². The quantitative estimate of drug-likeness (QED) is 0.785. The highest BCUT2D eigenvalue weighted by atomic mass is 19.1. The van der Waals surface area contributed by atoms with Gasteiger partial charge in [-0.1, -0.05) is 6.07 Å². The van der Waals surface area contributed by atoms with Crippen molar-refractivity contribution in [1.29, 1.82) is 0 Å². The van der Waals surface area contributed by atoms with Crippen LogP contribution in [0, 0.1) is 11.6 Å². The lowest BCUT2D eigenvalue weighted by molar-refractivity contribution is 0.518. The number of rotatable bonds is 4. The summed E-state index contributed by atoms with van der Waals surface area (Å²) in [5.74, 6) is -0.901. The highest BCUT2D eigenvalue weighted by Crippen LogP contribution is 2.14. The molecule has 1 nitrogen and oxygen atoms in total. The van der Waals surface area contributed by atoms with E-state index in [1.807, 2.05) is 14.0 Å². The molecule has 1 aromatic rings. The van der Waals surface area contributed by atoms with Gasteiger partial charge in [0.1, 0.15) is 11.6 Å². The van der Waals surface area contributed by atoms with E-state index in [1.54, 1.807) is 0 Å². The van der Waals surface area contributed by atoms with Crippen LogP contribution in [0.1, 0.15) is 18.9 Å². The first-order valence-corrected chi connectivity index (χ1v) is 4.75. The van der Waals surface area contributed by atoms with Gasteiger partial charge in [-0.15, -0.1) is 0 Å². The van der Waals surface area contributed by atoms with Crippen molar-refractivity contribution < 1.29 is 8.78 Å². The maximum absolute atomic E-state index is 13.1. The Labute approximate surface area is 83.1 Å². The van der Waals surface area contributed by atoms with Crippen molar-refractivity contribution in [1.82, 2.24) is 5.32 Å². The Bertz CT molecular complexity index is 279. The molecule has 0 bridgehead atoms. The molecule has 0 saturated heterocycles. The van der Waals surface area contributed by atoms with Gasteiger partial charge < -0.3 is 5.32 Å². The molecule has 0 amide bonds. The number of halogens is 2. The number of hydrogen-bond donors (Lipinski definition) is 1. The summed E-state index contributed by atoms with van der Waals surface area (Å²) >= 11 is 0. The second-order valence-corrected chi connectivity index (χ2v) is 3.43. The highest BCUT2D eigenvalue weighted by molar-refractivity contribution is 5.19. The number of nitrogens with one attached hydrogen (secondary N) is 1. The van der Waals surface area contributed by atoms with Gasteiger partial charge >= 0.3 is 0 Å². The van der Waals surface area contributed by atoms with Crippen LogP contribution in [-0.4, -0.2) is 13.1 Å². The largest absolute Gasteiger partial charge is 0.317 e. The first-order valence-electron chi connectivity index (χ1n) is 4.75. The molecule has 0 aliphatic heterocycles. The summed E-state index contributed by atoms with van der Waals surface area (Å²) < 4.78 is 26.3. The third-order valence-electron chi connectivity index (χ3n) is 2.38. The van der Waals surface area contributed by atoms with Crippen LogP contribution >= 0.6 is 0 Å². The lowest BCUT2D eigenvalue weighted by Crippen LogP contribution is -2.21. The second-order valence-electron chi connectivity index (χ2n) is 3.43. The van der Waals surface area contributed by atoms with Gasteiger partial charge in [0.05, 0.1) is 0 Å². The fraction of sp³-hybridized carbons (Fsp3) is 0.455. The van der Waals surface area contributed by atoms with Crippen LogP contribution in [0.5, 0.6) is 0 Å². The molecule has 1 rings (SSSR count). The smallest absolute Gasteiger partial charge is 0.129 e. The van der Waals surface area contributed by atoms with E-state index < -0.39 is 11.6 Å². The standard InChI is InChI=1S/C11H15F2N/c1-8(14-2)6-7-9-10(12)4-3-5-11(9)13/h3-5,8,14H,6-7H2,1-2H3. The monoisotopic (exact) mass is 199 g/mol. The van der Waals surface area contributed by atoms with Gasteiger partial charge in [0.2, 0.25) is 0 Å². The Morgan fingerprint density at radius 1 is 1.29 bits per heavy atom. The fourth-order valence-electron chi connectivity index (χ4n) is 1.28. The molecule has 14 heavy (non-hydrogen) atoms. The molecule has 1 N–H and O–H groups in total. The normalized spacial score (nSPS) is 12.9. The molecule has 1 aromatic carbocycles. The van der Waals surface area contributed by atoms with Gasteiger partial charge in [0.25, 0.3) is 0 Å². The van der Waals surface area contributed by atoms with Gasteiger partial charge in [-0.2, -0.15) is 0 Å². The predicted octanol–water partition coefficient (Wildman–Crippen LogP) is 2.51. The zero-order valence-electron chi connectivity index (χ0n) is 8.48. The van der Waals surface area contributed by atoms with Crippen molar-refractivity contribution >= 4 is 0 Å². The maximum atomic E-state index is 13.1. The molecule has 0 fully saturated rings. The van der Waals surface area contributed by atoms with Crippen molar-refractivity contribution in [3.8, 4) is 0 Å². The van der Waals surface area contributed by atoms with Crippen LogP contribution < -0.4 is 5.32 Å². The van der Waals surface area contributed by atoms with Gasteiger partial charge in [0, 0.05) is 11.6 Å². The average molecular weight is 199 g/mol. The molecule has 0 aromatic heterocycles. The minimum absolute atomic E-state index is 0.189. The van der Waals surface area contributed by atoms with Crippen molar-refractivity contribution in [3.05, 3.63) is 35.4 Å². The van der Waals surface area contributed by atoms with Crippen LogP contribution in [0.4, 0.5) is 8.78 Å². The Balaban J connectivity index is 2.66. The Hall–Kier alpha value is -0.960. The molecule has 3 heteroatoms. The van der Waals surface area contributed by atoms with Gasteiger partial charge in [0.15, 0.2) is 0 Å². The third kappa shape index (κ3) is 2.77. The van der Waals surface area contributed by atoms with E-state index >= 15 is 0 Å². The molecular formula is C11H15F2N. The van der Waals surface area contributed by atoms with E-state index in [1.165, 1.54) is 18.2 Å². The van der Waals surface area contributed by atoms with Gasteiger partial charge in [-0.05, 0) is 38.9 Å². The predicted molar refractivity (Wildman–Crippen MR) is 53.2 cm³/mol. The number of hydrogen-bond acceptors (Lipinski definition) is 1. The van der Waals surface area contributed by atoms with E-state index in [0.717, 1.165) is 6.42 Å². The van der Waals surface area contributed by atoms with E-state index in [4.69, 9.17) is 0 Å². The lowest BCUT2D eigenvalue weighted by atomic mass is 10.1. The average Bonchev–Trinajstić information content (AvgIpc) is 2.16. The maximum Gasteiger partial charge on any atom is 0.129 e. The van der Waals surface area contributed by atoms with Crippen LogP contribution in [0.15, 0.2) is 18.2 Å². The van der Waals surface area contributed by atoms with Crippen LogP contribution in [0.2, 0.25) is 0 Å². The zero-order valence-corrected chi connectivity index (χ0v) is 8.48. The molecular weight excluding hydrogens is 184 g/mol. The van der Waals surface area contributed by atoms with Crippen LogP contribution in [0.25, 0.3) is 0 Å². The molecule has 0 saturated carbocycles. The molecule has 78 valence electrons. The Morgan fingerprint density at radius 3 is 2.36 bits per heavy atom. The molecule has 0 radical (unpaired) electrons. The third-order valence-corrected chi connectivity index (χ3v) is 2.38. The van der Waals surface area contributed by atoms with Crippen molar-refractivity contribution in [2.45, 2.75) is 25.8 Å². The summed E-state index contributed by atoms with van der Waals surface area (Å²) in [6, 6.07) is 4.25. The summed E-state index contributed by atoms with van der Waals surface area (Å²) in [6.07, 6.45) is 1.16. The molecule has 0 aliphatic carbocycles. The van der Waals surface area contributed by atoms with E-state index in [2.05, 4.69) is 5.32 Å². The van der Waals surface area contributed by atoms with E-state index in [9.17, 15) is 8.78 Å². The molecule has 1 unspecified atom stereocenters. The first-order chi connectivity index (χ1) is 6.65. The summed E-state index contributed by atoms with van der Waals surface area (Å²) in [5.41, 5.74) is 0.189. The Morgan fingerprint density at radius 2 is 1.86 bits per heavy atom. The van der Waals surface area contributed by atoms with Crippen molar-refractivity contribution in [2.24, 2.45) is 0 Å². The molecule has 0 spiro atoms. The number of benzene rings is 1. The van der Waals surface area contributed by atoms with E-state index in [-0.39, 0.29) is 11.6 Å². The van der Waals surface area contributed by atoms with Crippen LogP contribution in [0.3, 0.4) is 0 Å². The lowest BCUT2D eigenvalue weighted by Gasteiger charge is -2.10. The first kappa shape index (κ1) is 11.1.